The molecule has 0 bridgehead atoms. The molecule has 0 spiro atoms. The largest absolute Gasteiger partial charge is 0.490 e. The van der Waals surface area contributed by atoms with Gasteiger partial charge in [-0.1, -0.05) is 6.07 Å². The van der Waals surface area contributed by atoms with Crippen molar-refractivity contribution in [2.75, 3.05) is 11.3 Å². The van der Waals surface area contributed by atoms with Crippen LogP contribution in [0.1, 0.15) is 40.2 Å². The minimum atomic E-state index is -3.88. The number of nitrogens with zero attached hydrogens (tertiary/aromatic N) is 2. The van der Waals surface area contributed by atoms with Crippen LogP contribution in [0.25, 0.3) is 0 Å². The molecule has 1 aliphatic rings. The molecule has 1 aromatic carbocycles. The lowest BCUT2D eigenvalue weighted by Crippen LogP contribution is -2.59. The van der Waals surface area contributed by atoms with E-state index in [1.165, 1.54) is 4.90 Å². The highest BCUT2D eigenvalue weighted by molar-refractivity contribution is 7.91. The average Bonchev–Trinajstić information content (AvgIpc) is 2.40. The first-order chi connectivity index (χ1) is 11.7. The summed E-state index contributed by atoms with van der Waals surface area (Å²) in [4.78, 5) is 13.0. The van der Waals surface area contributed by atoms with Crippen LogP contribution in [0, 0.1) is 0 Å². The Bertz CT molecular complexity index is 856. The molecule has 0 saturated carbocycles. The first-order valence-electron chi connectivity index (χ1n) is 7.92. The molecule has 26 heavy (non-hydrogen) atoms. The Labute approximate surface area is 153 Å². The van der Waals surface area contributed by atoms with Gasteiger partial charge in [-0.25, -0.2) is 4.79 Å². The molecule has 0 aliphatic carbocycles. The van der Waals surface area contributed by atoms with Crippen molar-refractivity contribution < 1.29 is 23.1 Å². The van der Waals surface area contributed by atoms with E-state index in [0.29, 0.717) is 11.3 Å². The second kappa shape index (κ2) is 6.35. The molecular formula is C16H24N4O5S. The van der Waals surface area contributed by atoms with Crippen LogP contribution in [0.2, 0.25) is 0 Å². The van der Waals surface area contributed by atoms with Gasteiger partial charge >= 0.3 is 16.3 Å². The van der Waals surface area contributed by atoms with Crippen LogP contribution in [0.4, 0.5) is 10.5 Å². The Hall–Kier alpha value is -2.49. The molecule has 1 heterocycles. The van der Waals surface area contributed by atoms with E-state index >= 15 is 0 Å². The maximum absolute atomic E-state index is 11.7. The Balaban J connectivity index is 2.33. The topological polar surface area (TPSA) is 134 Å². The Morgan fingerprint density at radius 1 is 1.31 bits per heavy atom. The minimum absolute atomic E-state index is 0.0348. The monoisotopic (exact) mass is 384 g/mol. The predicted molar refractivity (Wildman–Crippen MR) is 98.9 cm³/mol. The van der Waals surface area contributed by atoms with Gasteiger partial charge in [-0.05, 0) is 46.8 Å². The predicted octanol–water partition coefficient (Wildman–Crippen LogP) is 2.00. The summed E-state index contributed by atoms with van der Waals surface area (Å²) >= 11 is 0. The van der Waals surface area contributed by atoms with Crippen molar-refractivity contribution in [3.05, 3.63) is 23.8 Å². The summed E-state index contributed by atoms with van der Waals surface area (Å²) < 4.78 is 34.8. The fourth-order valence-corrected chi connectivity index (χ4v) is 3.95. The van der Waals surface area contributed by atoms with Crippen molar-refractivity contribution in [1.29, 1.82) is 0 Å². The van der Waals surface area contributed by atoms with Crippen LogP contribution >= 0.6 is 0 Å². The number of fused-ring (bicyclic) bond motifs is 1. The molecule has 0 saturated heterocycles. The van der Waals surface area contributed by atoms with E-state index in [1.807, 2.05) is 0 Å². The van der Waals surface area contributed by atoms with E-state index < -0.39 is 27.4 Å². The van der Waals surface area contributed by atoms with Gasteiger partial charge in [0.1, 0.15) is 12.4 Å². The lowest BCUT2D eigenvalue weighted by molar-refractivity contribution is 0.00939. The van der Waals surface area contributed by atoms with E-state index in [9.17, 15) is 18.3 Å². The van der Waals surface area contributed by atoms with E-state index in [-0.39, 0.29) is 18.1 Å². The van der Waals surface area contributed by atoms with Gasteiger partial charge in [0.25, 0.3) is 0 Å². The zero-order chi connectivity index (χ0) is 19.9. The molecule has 0 atom stereocenters. The highest BCUT2D eigenvalue weighted by Gasteiger charge is 2.39. The summed E-state index contributed by atoms with van der Waals surface area (Å²) in [7, 11) is -3.88. The molecule has 1 aliphatic heterocycles. The smallest absolute Gasteiger partial charge is 0.408 e. The van der Waals surface area contributed by atoms with Crippen molar-refractivity contribution in [3.8, 4) is 5.75 Å². The standard InChI is InChI=1S/C16H24N4O5S/c1-15(2,3)20(14(21)22)16(4,5)9-25-11-8-6-7-10-12(11)13(17)19-26(23,24)18-10/h6-8,18H,9H2,1-5H3,(H2,17,19)(H,21,22). The summed E-state index contributed by atoms with van der Waals surface area (Å²) in [5.41, 5.74) is 4.89. The molecule has 0 unspecified atom stereocenters. The number of benzene rings is 1. The highest BCUT2D eigenvalue weighted by Crippen LogP contribution is 2.32. The molecule has 10 heteroatoms. The molecule has 0 fully saturated rings. The molecule has 1 aromatic rings. The number of nitrogens with one attached hydrogen (secondary N) is 1. The summed E-state index contributed by atoms with van der Waals surface area (Å²) in [5.74, 6) is 0.136. The van der Waals surface area contributed by atoms with Crippen LogP contribution in [0.15, 0.2) is 22.6 Å². The number of rotatable bonds is 4. The normalized spacial score (nSPS) is 16.1. The van der Waals surface area contributed by atoms with Crippen LogP contribution < -0.4 is 15.2 Å². The van der Waals surface area contributed by atoms with E-state index in [4.69, 9.17) is 10.5 Å². The number of ether oxygens (including phenoxy) is 1. The number of nitrogens with two attached hydrogens (primary N) is 1. The molecule has 2 rings (SSSR count). The third-order valence-electron chi connectivity index (χ3n) is 3.79. The van der Waals surface area contributed by atoms with Gasteiger partial charge in [0.15, 0.2) is 5.84 Å². The molecular weight excluding hydrogens is 360 g/mol. The fourth-order valence-electron chi connectivity index (χ4n) is 3.11. The van der Waals surface area contributed by atoms with Crippen LogP contribution in [0.3, 0.4) is 0 Å². The third-order valence-corrected chi connectivity index (χ3v) is 4.70. The highest BCUT2D eigenvalue weighted by atomic mass is 32.2. The van der Waals surface area contributed by atoms with Crippen molar-refractivity contribution in [1.82, 2.24) is 4.90 Å². The lowest BCUT2D eigenvalue weighted by atomic mass is 9.96. The quantitative estimate of drug-likeness (QED) is 0.727. The van der Waals surface area contributed by atoms with Crippen LogP contribution in [0.5, 0.6) is 5.75 Å². The molecule has 4 N–H and O–H groups in total. The van der Waals surface area contributed by atoms with Crippen molar-refractivity contribution in [2.24, 2.45) is 10.1 Å². The zero-order valence-corrected chi connectivity index (χ0v) is 16.2. The van der Waals surface area contributed by atoms with E-state index in [1.54, 1.807) is 52.8 Å². The maximum Gasteiger partial charge on any atom is 0.408 e. The number of hydrogen-bond acceptors (Lipinski definition) is 5. The number of amidine groups is 1. The first kappa shape index (κ1) is 19.8. The van der Waals surface area contributed by atoms with Gasteiger partial charge in [-0.2, -0.15) is 8.42 Å². The number of amides is 1. The van der Waals surface area contributed by atoms with Gasteiger partial charge in [0.2, 0.25) is 0 Å². The summed E-state index contributed by atoms with van der Waals surface area (Å²) in [6, 6.07) is 4.78. The summed E-state index contributed by atoms with van der Waals surface area (Å²) in [6.07, 6.45) is -1.06. The number of carboxylic acid groups (broad SMARTS) is 1. The molecule has 0 radical (unpaired) electrons. The van der Waals surface area contributed by atoms with E-state index in [2.05, 4.69) is 9.12 Å². The second-order valence-electron chi connectivity index (χ2n) is 7.62. The van der Waals surface area contributed by atoms with Crippen molar-refractivity contribution >= 4 is 27.8 Å². The minimum Gasteiger partial charge on any atom is -0.490 e. The van der Waals surface area contributed by atoms with Crippen LogP contribution in [-0.2, 0) is 10.2 Å². The number of carbonyl (C=O) groups is 1. The Kier molecular flexibility index (Phi) is 4.84. The second-order valence-corrected chi connectivity index (χ2v) is 8.96. The van der Waals surface area contributed by atoms with Gasteiger partial charge in [-0.3, -0.25) is 9.62 Å². The van der Waals surface area contributed by atoms with Crippen molar-refractivity contribution in [2.45, 2.75) is 45.7 Å². The van der Waals surface area contributed by atoms with Crippen LogP contribution in [-0.4, -0.2) is 48.0 Å². The Morgan fingerprint density at radius 2 is 1.92 bits per heavy atom. The number of hydrogen-bond donors (Lipinski definition) is 3. The average molecular weight is 384 g/mol. The van der Waals surface area contributed by atoms with Gasteiger partial charge in [0.05, 0.1) is 16.8 Å². The summed E-state index contributed by atoms with van der Waals surface area (Å²) in [5, 5.41) is 9.59. The molecule has 0 aromatic heterocycles. The first-order valence-corrected chi connectivity index (χ1v) is 9.36. The van der Waals surface area contributed by atoms with Crippen molar-refractivity contribution in [3.63, 3.8) is 0 Å². The van der Waals surface area contributed by atoms with Gasteiger partial charge in [-0.15, -0.1) is 4.40 Å². The SMILES string of the molecule is CC(C)(C)N(C(=O)O)C(C)(C)COc1cccc2c1C(N)=NS(=O)(=O)N2. The fraction of sp³-hybridized carbons (Fsp3) is 0.500. The summed E-state index contributed by atoms with van der Waals surface area (Å²) in [6.45, 7) is 8.93. The van der Waals surface area contributed by atoms with Gasteiger partial charge < -0.3 is 15.6 Å². The third kappa shape index (κ3) is 4.01. The molecule has 9 nitrogen and oxygen atoms in total. The molecule has 1 amide bonds. The van der Waals surface area contributed by atoms with E-state index in [0.717, 1.165) is 0 Å². The lowest BCUT2D eigenvalue weighted by Gasteiger charge is -2.44. The van der Waals surface area contributed by atoms with Gasteiger partial charge in [0, 0.05) is 5.54 Å². The Morgan fingerprint density at radius 3 is 2.46 bits per heavy atom. The zero-order valence-electron chi connectivity index (χ0n) is 15.4. The number of anilines is 1. The maximum atomic E-state index is 11.7. The molecule has 144 valence electrons.